The van der Waals surface area contributed by atoms with Crippen molar-refractivity contribution in [2.24, 2.45) is 5.41 Å². The van der Waals surface area contributed by atoms with Gasteiger partial charge >= 0.3 is 0 Å². The van der Waals surface area contributed by atoms with Gasteiger partial charge in [0.1, 0.15) is 36.3 Å². The van der Waals surface area contributed by atoms with Crippen LogP contribution in [0.1, 0.15) is 97.6 Å². The standard InChI is InChI=1S/C45H70N7O17P3S/c1-4-5-6-7-8-9-10-11-12-13-14-15-16-17-18-19-20-21-22-23-24-25-36(54)73-29-28-47-35(53)26-27-48-43(57)40(56)45(2,3)31-66-72(63,64)69-71(61,62)65-30-34-39(68-70(58,59)60)38(55)44(67-34)52-33-51-37-41(46)49-32-50-42(37)52/h8-9,11-12,14-15,17-18,20-21,24-25,32-34,38-40,44,55-56H,4-7,10,13,16,19,22-23,26-31H2,1-3H3,(H,47,53)(H,48,57)(H,61,62)(H,63,64)(H2,46,49,50)(H2,58,59,60)/p-4/b9-8-,12-11-,15-14-,18-17-,21-20-,25-24+/t34-,38-,39-,40+,44-/m1/s1. The first-order valence-corrected chi connectivity index (χ1v) is 28.8. The average molecular weight is 1100 g/mol. The lowest BCUT2D eigenvalue weighted by Gasteiger charge is -2.36. The lowest BCUT2D eigenvalue weighted by molar-refractivity contribution is -0.347. The van der Waals surface area contributed by atoms with E-state index < -0.39 is 84.6 Å². The Labute approximate surface area is 429 Å². The van der Waals surface area contributed by atoms with Crippen LogP contribution in [0.5, 0.6) is 0 Å². The normalized spacial score (nSPS) is 20.1. The summed E-state index contributed by atoms with van der Waals surface area (Å²) < 4.78 is 60.9. The second-order valence-electron chi connectivity index (χ2n) is 16.9. The quantitative estimate of drug-likeness (QED) is 0.0286. The molecule has 3 heterocycles. The molecule has 7 atom stereocenters. The zero-order chi connectivity index (χ0) is 53.9. The lowest BCUT2D eigenvalue weighted by Crippen LogP contribution is -2.46. The summed E-state index contributed by atoms with van der Waals surface area (Å²) in [6.07, 6.45) is 27.3. The molecule has 0 bridgehead atoms. The SMILES string of the molecule is CCCCC/C=C\C/C=C\C/C=C\C/C=C\C/C=C\CC/C=C/C(=O)SCCNC(=O)CCNC(=O)[C@H](O)C(C)(C)COP(=O)([O-])OP(=O)([O-])OC[C@H]1O[C@@H](n2cnc3c(N)ncnc32)[C@H](O)[C@@H]1OP(=O)([O-])[O-]. The molecule has 0 saturated carbocycles. The molecule has 73 heavy (non-hydrogen) atoms. The molecule has 2 aromatic heterocycles. The van der Waals surface area contributed by atoms with Gasteiger partial charge in [-0.2, -0.15) is 0 Å². The van der Waals surface area contributed by atoms with Gasteiger partial charge < -0.3 is 69.0 Å². The molecule has 2 amide bonds. The summed E-state index contributed by atoms with van der Waals surface area (Å²) in [7, 11) is -17.6. The van der Waals surface area contributed by atoms with Gasteiger partial charge in [-0.05, 0) is 57.4 Å². The molecule has 408 valence electrons. The number of nitrogens with zero attached hydrogens (tertiary/aromatic N) is 4. The minimum Gasteiger partial charge on any atom is -0.790 e. The summed E-state index contributed by atoms with van der Waals surface area (Å²) in [6, 6.07) is 0. The van der Waals surface area contributed by atoms with Crippen LogP contribution in [0.25, 0.3) is 11.2 Å². The number of allylic oxidation sites excluding steroid dienone is 11. The highest BCUT2D eigenvalue weighted by molar-refractivity contribution is 8.14. The molecule has 0 radical (unpaired) electrons. The number of aromatic nitrogens is 4. The third-order valence-electron chi connectivity index (χ3n) is 10.4. The van der Waals surface area contributed by atoms with E-state index in [0.717, 1.165) is 67.5 Å². The number of phosphoric acid groups is 3. The van der Waals surface area contributed by atoms with E-state index >= 15 is 0 Å². The second kappa shape index (κ2) is 32.4. The fourth-order valence-electron chi connectivity index (χ4n) is 6.51. The molecule has 0 aliphatic carbocycles. The Bertz CT molecular complexity index is 2390. The van der Waals surface area contributed by atoms with E-state index in [9.17, 15) is 57.9 Å². The predicted octanol–water partition coefficient (Wildman–Crippen LogP) is 3.39. The Hall–Kier alpha value is -4.00. The van der Waals surface area contributed by atoms with Crippen molar-refractivity contribution >= 4 is 69.1 Å². The fourth-order valence-corrected chi connectivity index (χ4v) is 9.84. The minimum absolute atomic E-state index is 0.0230. The van der Waals surface area contributed by atoms with Gasteiger partial charge in [-0.15, -0.1) is 0 Å². The van der Waals surface area contributed by atoms with Crippen molar-refractivity contribution in [2.45, 2.75) is 122 Å². The summed E-state index contributed by atoms with van der Waals surface area (Å²) in [5.41, 5.74) is 4.07. The van der Waals surface area contributed by atoms with Crippen LogP contribution in [-0.2, 0) is 50.7 Å². The third kappa shape index (κ3) is 24.9. The van der Waals surface area contributed by atoms with Gasteiger partial charge in [0.2, 0.25) is 16.9 Å². The van der Waals surface area contributed by atoms with Crippen molar-refractivity contribution in [1.82, 2.24) is 30.2 Å². The number of aliphatic hydroxyl groups excluding tert-OH is 2. The molecule has 1 fully saturated rings. The molecular weight excluding hydrogens is 1040 g/mol. The van der Waals surface area contributed by atoms with E-state index in [-0.39, 0.29) is 41.6 Å². The number of nitrogens with two attached hydrogens (primary N) is 1. The van der Waals surface area contributed by atoms with Crippen LogP contribution in [0, 0.1) is 5.41 Å². The molecule has 2 aromatic rings. The summed E-state index contributed by atoms with van der Waals surface area (Å²) in [5.74, 6) is -1.27. The van der Waals surface area contributed by atoms with E-state index in [2.05, 4.69) is 111 Å². The van der Waals surface area contributed by atoms with E-state index in [4.69, 9.17) is 10.5 Å². The maximum atomic E-state index is 12.7. The zero-order valence-corrected chi connectivity index (χ0v) is 44.4. The number of unbranched alkanes of at least 4 members (excludes halogenated alkanes) is 4. The minimum atomic E-state index is -5.93. The first kappa shape index (κ1) is 63.3. The van der Waals surface area contributed by atoms with E-state index in [1.54, 1.807) is 6.08 Å². The lowest BCUT2D eigenvalue weighted by atomic mass is 9.87. The van der Waals surface area contributed by atoms with Crippen LogP contribution < -0.4 is 35.9 Å². The number of thioether (sulfide) groups is 1. The number of anilines is 1. The Morgan fingerprint density at radius 1 is 0.863 bits per heavy atom. The number of carbonyl (C=O) groups excluding carboxylic acids is 3. The van der Waals surface area contributed by atoms with Crippen LogP contribution in [0.4, 0.5) is 5.82 Å². The molecular formula is C45H66N7O17P3S-4. The maximum absolute atomic E-state index is 12.7. The summed E-state index contributed by atoms with van der Waals surface area (Å²) >= 11 is 1.02. The van der Waals surface area contributed by atoms with Gasteiger partial charge in [0, 0.05) is 30.7 Å². The van der Waals surface area contributed by atoms with E-state index in [1.165, 1.54) is 39.2 Å². The number of ether oxygens (including phenoxy) is 1. The molecule has 1 aliphatic rings. The predicted molar refractivity (Wildman–Crippen MR) is 265 cm³/mol. The second-order valence-corrected chi connectivity index (χ2v) is 22.1. The zero-order valence-electron chi connectivity index (χ0n) is 40.9. The van der Waals surface area contributed by atoms with Gasteiger partial charge in [0.15, 0.2) is 17.7 Å². The van der Waals surface area contributed by atoms with Gasteiger partial charge in [0.05, 0.1) is 27.4 Å². The number of hydrogen-bond donors (Lipinski definition) is 5. The number of nitrogens with one attached hydrogen (secondary N) is 2. The highest BCUT2D eigenvalue weighted by Gasteiger charge is 2.47. The van der Waals surface area contributed by atoms with Gasteiger partial charge in [0.25, 0.3) is 15.6 Å². The summed E-state index contributed by atoms with van der Waals surface area (Å²) in [4.78, 5) is 96.9. The average Bonchev–Trinajstić information content (AvgIpc) is 3.88. The first-order chi connectivity index (χ1) is 34.6. The number of carbonyl (C=O) groups is 3. The van der Waals surface area contributed by atoms with Crippen LogP contribution in [-0.4, -0.2) is 103 Å². The van der Waals surface area contributed by atoms with Gasteiger partial charge in [-0.3, -0.25) is 28.1 Å². The molecule has 1 saturated heterocycles. The number of nitrogen functional groups attached to an aromatic ring is 1. The first-order valence-electron chi connectivity index (χ1n) is 23.5. The number of imidazole rings is 1. The molecule has 0 spiro atoms. The topological polar surface area (TPSA) is 375 Å². The third-order valence-corrected chi connectivity index (χ3v) is 14.2. The molecule has 6 N–H and O–H groups in total. The molecule has 3 rings (SSSR count). The summed E-state index contributed by atoms with van der Waals surface area (Å²) in [5, 5.41) is 26.2. The van der Waals surface area contributed by atoms with E-state index in [0.29, 0.717) is 12.2 Å². The Balaban J connectivity index is 1.28. The van der Waals surface area contributed by atoms with Crippen LogP contribution in [0.2, 0.25) is 0 Å². The molecule has 2 unspecified atom stereocenters. The van der Waals surface area contributed by atoms with Crippen molar-refractivity contribution in [3.63, 3.8) is 0 Å². The summed E-state index contributed by atoms with van der Waals surface area (Å²) in [6.45, 7) is 2.27. The van der Waals surface area contributed by atoms with Crippen molar-refractivity contribution in [1.29, 1.82) is 0 Å². The monoisotopic (exact) mass is 1100 g/mol. The van der Waals surface area contributed by atoms with Crippen LogP contribution >= 0.6 is 35.2 Å². The smallest absolute Gasteiger partial charge is 0.274 e. The van der Waals surface area contributed by atoms with Crippen molar-refractivity contribution in [2.75, 3.05) is 37.8 Å². The largest absolute Gasteiger partial charge is 0.790 e. The maximum Gasteiger partial charge on any atom is 0.274 e. The van der Waals surface area contributed by atoms with E-state index in [1.807, 2.05) is 0 Å². The highest BCUT2D eigenvalue weighted by Crippen LogP contribution is 2.56. The number of fused-ring (bicyclic) bond motifs is 1. The van der Waals surface area contributed by atoms with Crippen molar-refractivity contribution in [3.8, 4) is 0 Å². The van der Waals surface area contributed by atoms with Crippen LogP contribution in [0.3, 0.4) is 0 Å². The number of rotatable bonds is 35. The van der Waals surface area contributed by atoms with Crippen molar-refractivity contribution < 1.29 is 80.5 Å². The van der Waals surface area contributed by atoms with Gasteiger partial charge in [-0.1, -0.05) is 112 Å². The highest BCUT2D eigenvalue weighted by atomic mass is 32.2. The number of phosphoric ester groups is 3. The van der Waals surface area contributed by atoms with Crippen molar-refractivity contribution in [3.05, 3.63) is 85.6 Å². The van der Waals surface area contributed by atoms with Crippen LogP contribution in [0.15, 0.2) is 85.6 Å². The number of amides is 2. The van der Waals surface area contributed by atoms with Gasteiger partial charge in [-0.25, -0.2) is 19.3 Å². The Morgan fingerprint density at radius 2 is 1.47 bits per heavy atom. The molecule has 28 heteroatoms. The number of aliphatic hydroxyl groups is 2. The molecule has 24 nitrogen and oxygen atoms in total. The number of hydrogen-bond acceptors (Lipinski definition) is 22. The fraction of sp³-hybridized carbons (Fsp3) is 0.556. The molecule has 1 aliphatic heterocycles. The molecule has 0 aromatic carbocycles. The Morgan fingerprint density at radius 3 is 2.10 bits per heavy atom. The Kier molecular flexibility index (Phi) is 28.1.